The van der Waals surface area contributed by atoms with Crippen LogP contribution in [0.2, 0.25) is 0 Å². The minimum Gasteiger partial charge on any atom is -0.294 e. The molecule has 0 saturated carbocycles. The number of Topliss-reactive ketones (excluding diaryl/α,β-unsaturated/α-hetero) is 1. The van der Waals surface area contributed by atoms with Crippen LogP contribution in [-0.2, 0) is 0 Å². The Kier molecular flexibility index (Phi) is 4.24. The first-order valence-electron chi connectivity index (χ1n) is 5.69. The van der Waals surface area contributed by atoms with Gasteiger partial charge in [0.1, 0.15) is 0 Å². The van der Waals surface area contributed by atoms with Gasteiger partial charge in [0.2, 0.25) is 0 Å². The van der Waals surface area contributed by atoms with Crippen LogP contribution >= 0.6 is 0 Å². The van der Waals surface area contributed by atoms with Crippen LogP contribution in [0.3, 0.4) is 0 Å². The Bertz CT molecular complexity index is 493. The number of aryl methyl sites for hydroxylation is 1. The molecule has 0 atom stereocenters. The van der Waals surface area contributed by atoms with Crippen LogP contribution in [0.1, 0.15) is 36.7 Å². The van der Waals surface area contributed by atoms with E-state index in [4.69, 9.17) is 0 Å². The fourth-order valence-electron chi connectivity index (χ4n) is 1.82. The van der Waals surface area contributed by atoms with Gasteiger partial charge in [0.15, 0.2) is 5.78 Å². The second kappa shape index (κ2) is 5.45. The highest BCUT2D eigenvalue weighted by Gasteiger charge is 2.06. The predicted octanol–water partition coefficient (Wildman–Crippen LogP) is 4.38. The van der Waals surface area contributed by atoms with E-state index in [0.717, 1.165) is 21.9 Å². The average molecular weight is 214 g/mol. The topological polar surface area (TPSA) is 17.1 Å². The molecule has 0 aliphatic rings. The van der Waals surface area contributed by atoms with Gasteiger partial charge in [-0.1, -0.05) is 50.2 Å². The average Bonchev–Trinajstić information content (AvgIpc) is 2.31. The van der Waals surface area contributed by atoms with Gasteiger partial charge >= 0.3 is 0 Å². The summed E-state index contributed by atoms with van der Waals surface area (Å²) in [5.74, 6) is 0.130. The lowest BCUT2D eigenvalue weighted by atomic mass is 9.98. The van der Waals surface area contributed by atoms with Crippen LogP contribution in [0.15, 0.2) is 36.4 Å². The van der Waals surface area contributed by atoms with Crippen molar-refractivity contribution in [3.8, 4) is 0 Å². The number of hydrogen-bond acceptors (Lipinski definition) is 1. The summed E-state index contributed by atoms with van der Waals surface area (Å²) in [7, 11) is 0. The van der Waals surface area contributed by atoms with E-state index in [1.807, 2.05) is 57.2 Å². The van der Waals surface area contributed by atoms with Gasteiger partial charge in [0, 0.05) is 5.56 Å². The lowest BCUT2D eigenvalue weighted by Crippen LogP contribution is -1.94. The molecule has 16 heavy (non-hydrogen) atoms. The van der Waals surface area contributed by atoms with Crippen molar-refractivity contribution in [2.75, 3.05) is 0 Å². The Labute approximate surface area is 97.1 Å². The highest BCUT2D eigenvalue weighted by Crippen LogP contribution is 2.22. The maximum Gasteiger partial charge on any atom is 0.160 e. The molecule has 84 valence electrons. The minimum atomic E-state index is 0.130. The van der Waals surface area contributed by atoms with Crippen LogP contribution < -0.4 is 0 Å². The van der Waals surface area contributed by atoms with Crippen molar-refractivity contribution in [3.05, 3.63) is 47.5 Å². The summed E-state index contributed by atoms with van der Waals surface area (Å²) in [5, 5.41) is 2.22. The van der Waals surface area contributed by atoms with E-state index >= 15 is 0 Å². The standard InChI is InChI=1S/C13H12O.C2H6/c1-9-5-3-6-11-7-4-8-12(10(2)14)13(9)11;1-2/h3-8H,1-2H3;1-2H3. The zero-order chi connectivity index (χ0) is 12.1. The molecule has 0 amide bonds. The van der Waals surface area contributed by atoms with Crippen molar-refractivity contribution in [1.82, 2.24) is 0 Å². The summed E-state index contributed by atoms with van der Waals surface area (Å²) in [6, 6.07) is 11.9. The number of ketones is 1. The van der Waals surface area contributed by atoms with Crippen LogP contribution in [0, 0.1) is 6.92 Å². The highest BCUT2D eigenvalue weighted by atomic mass is 16.1. The van der Waals surface area contributed by atoms with Gasteiger partial charge in [-0.2, -0.15) is 0 Å². The summed E-state index contributed by atoms with van der Waals surface area (Å²) in [6.07, 6.45) is 0. The molecule has 0 spiro atoms. The Hall–Kier alpha value is -1.63. The maximum absolute atomic E-state index is 11.4. The quantitative estimate of drug-likeness (QED) is 0.644. The zero-order valence-electron chi connectivity index (χ0n) is 10.4. The number of hydrogen-bond donors (Lipinski definition) is 0. The summed E-state index contributed by atoms with van der Waals surface area (Å²) < 4.78 is 0. The molecule has 0 fully saturated rings. The van der Waals surface area contributed by atoms with Gasteiger partial charge < -0.3 is 0 Å². The van der Waals surface area contributed by atoms with Gasteiger partial charge in [-0.3, -0.25) is 4.79 Å². The monoisotopic (exact) mass is 214 g/mol. The second-order valence-electron chi connectivity index (χ2n) is 3.53. The fourth-order valence-corrected chi connectivity index (χ4v) is 1.82. The molecule has 1 nitrogen and oxygen atoms in total. The minimum absolute atomic E-state index is 0.130. The Balaban J connectivity index is 0.000000606. The normalized spacial score (nSPS) is 9.50. The molecule has 2 aromatic rings. The number of fused-ring (bicyclic) bond motifs is 1. The lowest BCUT2D eigenvalue weighted by molar-refractivity contribution is 0.101. The zero-order valence-corrected chi connectivity index (χ0v) is 10.4. The smallest absolute Gasteiger partial charge is 0.160 e. The summed E-state index contributed by atoms with van der Waals surface area (Å²) >= 11 is 0. The van der Waals surface area contributed by atoms with Gasteiger partial charge in [-0.25, -0.2) is 0 Å². The van der Waals surface area contributed by atoms with Crippen molar-refractivity contribution < 1.29 is 4.79 Å². The Morgan fingerprint density at radius 1 is 1.00 bits per heavy atom. The third-order valence-electron chi connectivity index (χ3n) is 2.49. The molecule has 0 unspecified atom stereocenters. The fraction of sp³-hybridized carbons (Fsp3) is 0.267. The third kappa shape index (κ3) is 2.30. The Morgan fingerprint density at radius 2 is 1.56 bits per heavy atom. The number of benzene rings is 2. The van der Waals surface area contributed by atoms with E-state index in [0.29, 0.717) is 0 Å². The lowest BCUT2D eigenvalue weighted by Gasteiger charge is -2.05. The van der Waals surface area contributed by atoms with Gasteiger partial charge in [-0.15, -0.1) is 0 Å². The van der Waals surface area contributed by atoms with E-state index in [9.17, 15) is 4.79 Å². The van der Waals surface area contributed by atoms with Crippen molar-refractivity contribution in [1.29, 1.82) is 0 Å². The molecule has 0 saturated heterocycles. The van der Waals surface area contributed by atoms with E-state index in [2.05, 4.69) is 0 Å². The maximum atomic E-state index is 11.4. The van der Waals surface area contributed by atoms with E-state index in [1.54, 1.807) is 6.92 Å². The van der Waals surface area contributed by atoms with Crippen LogP contribution in [-0.4, -0.2) is 5.78 Å². The highest BCUT2D eigenvalue weighted by molar-refractivity contribution is 6.08. The van der Waals surface area contributed by atoms with Crippen molar-refractivity contribution in [2.24, 2.45) is 0 Å². The molecular formula is C15H18O. The summed E-state index contributed by atoms with van der Waals surface area (Å²) in [5.41, 5.74) is 1.98. The molecule has 0 radical (unpaired) electrons. The molecule has 0 bridgehead atoms. The van der Waals surface area contributed by atoms with E-state index in [1.165, 1.54) is 0 Å². The van der Waals surface area contributed by atoms with Crippen LogP contribution in [0.25, 0.3) is 10.8 Å². The second-order valence-corrected chi connectivity index (χ2v) is 3.53. The number of carbonyl (C=O) groups is 1. The van der Waals surface area contributed by atoms with Crippen molar-refractivity contribution in [3.63, 3.8) is 0 Å². The first kappa shape index (κ1) is 12.4. The molecule has 0 heterocycles. The molecule has 0 N–H and O–H groups in total. The first-order chi connectivity index (χ1) is 7.70. The van der Waals surface area contributed by atoms with E-state index < -0.39 is 0 Å². The Morgan fingerprint density at radius 3 is 2.12 bits per heavy atom. The molecule has 1 heteroatoms. The van der Waals surface area contributed by atoms with Crippen LogP contribution in [0.4, 0.5) is 0 Å². The summed E-state index contributed by atoms with van der Waals surface area (Å²) in [4.78, 5) is 11.4. The molecule has 0 aliphatic heterocycles. The largest absolute Gasteiger partial charge is 0.294 e. The van der Waals surface area contributed by atoms with Crippen molar-refractivity contribution in [2.45, 2.75) is 27.7 Å². The number of carbonyl (C=O) groups excluding carboxylic acids is 1. The predicted molar refractivity (Wildman–Crippen MR) is 70.0 cm³/mol. The SMILES string of the molecule is CC.CC(=O)c1cccc2cccc(C)c12. The van der Waals surface area contributed by atoms with Gasteiger partial charge in [0.25, 0.3) is 0 Å². The summed E-state index contributed by atoms with van der Waals surface area (Å²) in [6.45, 7) is 7.65. The van der Waals surface area contributed by atoms with Gasteiger partial charge in [-0.05, 0) is 30.2 Å². The molecular weight excluding hydrogens is 196 g/mol. The van der Waals surface area contributed by atoms with Crippen molar-refractivity contribution >= 4 is 16.6 Å². The molecule has 2 rings (SSSR count). The van der Waals surface area contributed by atoms with Gasteiger partial charge in [0.05, 0.1) is 0 Å². The number of rotatable bonds is 1. The first-order valence-corrected chi connectivity index (χ1v) is 5.69. The molecule has 0 aromatic heterocycles. The third-order valence-corrected chi connectivity index (χ3v) is 2.49. The van der Waals surface area contributed by atoms with E-state index in [-0.39, 0.29) is 5.78 Å². The molecule has 2 aromatic carbocycles. The van der Waals surface area contributed by atoms with Crippen LogP contribution in [0.5, 0.6) is 0 Å². The molecule has 0 aliphatic carbocycles.